The molecule has 0 aliphatic rings. The minimum Gasteiger partial charge on any atom is -0.380 e. The number of nitrogens with two attached hydrogens (primary N) is 1. The van der Waals surface area contributed by atoms with E-state index in [9.17, 15) is 0 Å². The minimum absolute atomic E-state index is 0.106. The Bertz CT molecular complexity index is 286. The van der Waals surface area contributed by atoms with Crippen molar-refractivity contribution >= 4 is 0 Å². The molecule has 1 rings (SSSR count). The van der Waals surface area contributed by atoms with Crippen LogP contribution in [0.1, 0.15) is 44.7 Å². The molecule has 1 aromatic heterocycles. The number of nitrogens with zero attached hydrogens (tertiary/aromatic N) is 2. The van der Waals surface area contributed by atoms with Crippen LogP contribution in [0.4, 0.5) is 0 Å². The summed E-state index contributed by atoms with van der Waals surface area (Å²) in [5, 5.41) is 4.26. The highest BCUT2D eigenvalue weighted by atomic mass is 16.5. The van der Waals surface area contributed by atoms with Gasteiger partial charge in [0.15, 0.2) is 0 Å². The lowest BCUT2D eigenvalue weighted by molar-refractivity contribution is 0.121. The van der Waals surface area contributed by atoms with Gasteiger partial charge >= 0.3 is 0 Å². The molecule has 1 atom stereocenters. The predicted molar refractivity (Wildman–Crippen MR) is 65.2 cm³/mol. The van der Waals surface area contributed by atoms with Gasteiger partial charge in [0, 0.05) is 24.4 Å². The highest BCUT2D eigenvalue weighted by Crippen LogP contribution is 2.11. The van der Waals surface area contributed by atoms with Crippen molar-refractivity contribution in [3.63, 3.8) is 0 Å². The molecule has 2 N–H and O–H groups in total. The van der Waals surface area contributed by atoms with Gasteiger partial charge in [0.2, 0.25) is 0 Å². The molecule has 0 amide bonds. The second-order valence-corrected chi connectivity index (χ2v) is 4.02. The monoisotopic (exact) mass is 225 g/mol. The van der Waals surface area contributed by atoms with Crippen molar-refractivity contribution in [2.75, 3.05) is 13.2 Å². The quantitative estimate of drug-likeness (QED) is 0.689. The first-order valence-corrected chi connectivity index (χ1v) is 6.13. The van der Waals surface area contributed by atoms with Crippen molar-refractivity contribution in [1.82, 2.24) is 9.78 Å². The van der Waals surface area contributed by atoms with Crippen LogP contribution in [0, 0.1) is 0 Å². The van der Waals surface area contributed by atoms with Crippen LogP contribution in [0.15, 0.2) is 12.4 Å². The molecule has 0 aliphatic heterocycles. The van der Waals surface area contributed by atoms with Crippen molar-refractivity contribution < 1.29 is 4.74 Å². The van der Waals surface area contributed by atoms with Crippen molar-refractivity contribution in [1.29, 1.82) is 0 Å². The van der Waals surface area contributed by atoms with Crippen LogP contribution in [0.3, 0.4) is 0 Å². The van der Waals surface area contributed by atoms with E-state index < -0.39 is 0 Å². The molecule has 4 heteroatoms. The van der Waals surface area contributed by atoms with Crippen LogP contribution in [0.2, 0.25) is 0 Å². The Hall–Kier alpha value is -0.870. The number of rotatable bonds is 8. The van der Waals surface area contributed by atoms with Gasteiger partial charge in [-0.05, 0) is 12.8 Å². The smallest absolute Gasteiger partial charge is 0.0662 e. The molecule has 1 unspecified atom stereocenters. The summed E-state index contributed by atoms with van der Waals surface area (Å²) in [4.78, 5) is 0. The molecule has 0 saturated carbocycles. The fourth-order valence-electron chi connectivity index (χ4n) is 1.44. The Morgan fingerprint density at radius 1 is 1.44 bits per heavy atom. The Balaban J connectivity index is 2.24. The maximum Gasteiger partial charge on any atom is 0.0662 e. The molecule has 1 aromatic rings. The molecule has 0 fully saturated rings. The summed E-state index contributed by atoms with van der Waals surface area (Å²) in [6, 6.07) is 0.106. The lowest BCUT2D eigenvalue weighted by atomic mass is 10.1. The highest BCUT2D eigenvalue weighted by Gasteiger charge is 2.05. The summed E-state index contributed by atoms with van der Waals surface area (Å²) in [7, 11) is 0. The second kappa shape index (κ2) is 7.41. The van der Waals surface area contributed by atoms with Gasteiger partial charge in [-0.25, -0.2) is 0 Å². The van der Waals surface area contributed by atoms with Crippen LogP contribution >= 0.6 is 0 Å². The van der Waals surface area contributed by atoms with Crippen LogP contribution < -0.4 is 5.73 Å². The summed E-state index contributed by atoms with van der Waals surface area (Å²) in [5.74, 6) is 0. The van der Waals surface area contributed by atoms with Crippen LogP contribution in [0.25, 0.3) is 0 Å². The van der Waals surface area contributed by atoms with Crippen LogP contribution in [-0.4, -0.2) is 23.0 Å². The van der Waals surface area contributed by atoms with E-state index in [0.717, 1.165) is 38.2 Å². The third-order valence-corrected chi connectivity index (χ3v) is 2.63. The maximum atomic E-state index is 5.92. The summed E-state index contributed by atoms with van der Waals surface area (Å²) in [6.45, 7) is 6.62. The molecule has 0 radical (unpaired) electrons. The van der Waals surface area contributed by atoms with Gasteiger partial charge in [0.1, 0.15) is 0 Å². The summed E-state index contributed by atoms with van der Waals surface area (Å²) in [5.41, 5.74) is 7.02. The Labute approximate surface area is 97.8 Å². The number of unbranched alkanes of at least 4 members (excludes halogenated alkanes) is 1. The van der Waals surface area contributed by atoms with Gasteiger partial charge in [-0.3, -0.25) is 4.68 Å². The van der Waals surface area contributed by atoms with Gasteiger partial charge in [-0.2, -0.15) is 5.10 Å². The SMILES string of the molecule is CCCCOCCn1cc(C(N)CC)cn1. The van der Waals surface area contributed by atoms with E-state index in [1.165, 1.54) is 6.42 Å². The first-order chi connectivity index (χ1) is 7.77. The zero-order valence-electron chi connectivity index (χ0n) is 10.4. The van der Waals surface area contributed by atoms with Crippen molar-refractivity contribution in [3.8, 4) is 0 Å². The summed E-state index contributed by atoms with van der Waals surface area (Å²) >= 11 is 0. The molecule has 4 nitrogen and oxygen atoms in total. The van der Waals surface area contributed by atoms with Gasteiger partial charge in [0.25, 0.3) is 0 Å². The van der Waals surface area contributed by atoms with E-state index in [0.29, 0.717) is 0 Å². The highest BCUT2D eigenvalue weighted by molar-refractivity contribution is 5.09. The Morgan fingerprint density at radius 3 is 2.94 bits per heavy atom. The summed E-state index contributed by atoms with van der Waals surface area (Å²) < 4.78 is 7.38. The number of aromatic nitrogens is 2. The molecule has 0 spiro atoms. The van der Waals surface area contributed by atoms with Gasteiger partial charge in [0.05, 0.1) is 19.3 Å². The average molecular weight is 225 g/mol. The lowest BCUT2D eigenvalue weighted by Crippen LogP contribution is -2.09. The molecular weight excluding hydrogens is 202 g/mol. The molecule has 0 saturated heterocycles. The first kappa shape index (κ1) is 13.2. The van der Waals surface area contributed by atoms with Crippen molar-refractivity contribution in [3.05, 3.63) is 18.0 Å². The zero-order chi connectivity index (χ0) is 11.8. The number of ether oxygens (including phenoxy) is 1. The maximum absolute atomic E-state index is 5.92. The zero-order valence-corrected chi connectivity index (χ0v) is 10.4. The molecule has 16 heavy (non-hydrogen) atoms. The molecule has 0 bridgehead atoms. The van der Waals surface area contributed by atoms with Gasteiger partial charge in [-0.15, -0.1) is 0 Å². The fraction of sp³-hybridized carbons (Fsp3) is 0.750. The fourth-order valence-corrected chi connectivity index (χ4v) is 1.44. The minimum atomic E-state index is 0.106. The summed E-state index contributed by atoms with van der Waals surface area (Å²) in [6.07, 6.45) is 7.11. The Morgan fingerprint density at radius 2 is 2.25 bits per heavy atom. The largest absolute Gasteiger partial charge is 0.380 e. The van der Waals surface area contributed by atoms with Crippen molar-refractivity contribution in [2.45, 2.75) is 45.7 Å². The average Bonchev–Trinajstić information content (AvgIpc) is 2.76. The van der Waals surface area contributed by atoms with E-state index in [1.807, 2.05) is 17.1 Å². The Kier molecular flexibility index (Phi) is 6.11. The predicted octanol–water partition coefficient (Wildman–Crippen LogP) is 2.11. The van der Waals surface area contributed by atoms with Gasteiger partial charge in [-0.1, -0.05) is 20.3 Å². The van der Waals surface area contributed by atoms with E-state index in [-0.39, 0.29) is 6.04 Å². The molecule has 1 heterocycles. The molecule has 92 valence electrons. The molecule has 0 aliphatic carbocycles. The van der Waals surface area contributed by atoms with Gasteiger partial charge < -0.3 is 10.5 Å². The standard InChI is InChI=1S/C12H23N3O/c1-3-5-7-16-8-6-15-10-11(9-14-15)12(13)4-2/h9-10,12H,3-8,13H2,1-2H3. The van der Waals surface area contributed by atoms with E-state index in [1.54, 1.807) is 0 Å². The van der Waals surface area contributed by atoms with E-state index in [4.69, 9.17) is 10.5 Å². The van der Waals surface area contributed by atoms with E-state index >= 15 is 0 Å². The van der Waals surface area contributed by atoms with Crippen molar-refractivity contribution in [2.24, 2.45) is 5.73 Å². The van der Waals surface area contributed by atoms with Crippen LogP contribution in [0.5, 0.6) is 0 Å². The third kappa shape index (κ3) is 4.33. The normalized spacial score (nSPS) is 12.9. The first-order valence-electron chi connectivity index (χ1n) is 6.13. The second-order valence-electron chi connectivity index (χ2n) is 4.02. The van der Waals surface area contributed by atoms with E-state index in [2.05, 4.69) is 18.9 Å². The number of hydrogen-bond acceptors (Lipinski definition) is 3. The topological polar surface area (TPSA) is 53.1 Å². The van der Waals surface area contributed by atoms with Crippen LogP contribution in [-0.2, 0) is 11.3 Å². The molecular formula is C12H23N3O. The molecule has 0 aromatic carbocycles. The number of hydrogen-bond donors (Lipinski definition) is 1. The third-order valence-electron chi connectivity index (χ3n) is 2.63. The lowest BCUT2D eigenvalue weighted by Gasteiger charge is -2.05.